The van der Waals surface area contributed by atoms with Crippen LogP contribution in [0.1, 0.15) is 18.4 Å². The van der Waals surface area contributed by atoms with E-state index in [1.807, 2.05) is 6.08 Å². The second-order valence-corrected chi connectivity index (χ2v) is 7.84. The minimum absolute atomic E-state index is 0.119. The molecule has 0 fully saturated rings. The zero-order valence-electron chi connectivity index (χ0n) is 19.9. The molecule has 1 unspecified atom stereocenters. The Morgan fingerprint density at radius 3 is 2.50 bits per heavy atom. The van der Waals surface area contributed by atoms with Crippen LogP contribution < -0.4 is 25.9 Å². The van der Waals surface area contributed by atoms with Crippen molar-refractivity contribution in [1.82, 2.24) is 4.84 Å². The van der Waals surface area contributed by atoms with E-state index in [0.717, 1.165) is 5.57 Å². The topological polar surface area (TPSA) is 155 Å². The van der Waals surface area contributed by atoms with Crippen LogP contribution in [0, 0.1) is 0 Å². The third-order valence-electron chi connectivity index (χ3n) is 4.81. The Morgan fingerprint density at radius 2 is 1.81 bits per heavy atom. The monoisotopic (exact) mass is 521 g/mol. The van der Waals surface area contributed by atoms with Crippen molar-refractivity contribution in [2.24, 2.45) is 11.5 Å². The third kappa shape index (κ3) is 10.3. The SMILES string of the molecule is NCCOC1=CC(/C=C/C(=O)CC(=O)/C=C/c2ccc(OO)c(OCCNCl)c2)=CCC1OCCN. The van der Waals surface area contributed by atoms with Crippen LogP contribution in [0.2, 0.25) is 0 Å². The fourth-order valence-corrected chi connectivity index (χ4v) is 3.22. The Hall–Kier alpha value is -2.99. The zero-order chi connectivity index (χ0) is 26.2. The van der Waals surface area contributed by atoms with Gasteiger partial charge < -0.3 is 30.6 Å². The predicted molar refractivity (Wildman–Crippen MR) is 136 cm³/mol. The van der Waals surface area contributed by atoms with E-state index in [9.17, 15) is 9.59 Å². The molecule has 1 atom stereocenters. The van der Waals surface area contributed by atoms with Gasteiger partial charge in [0.15, 0.2) is 17.3 Å². The van der Waals surface area contributed by atoms with Crippen molar-refractivity contribution in [3.8, 4) is 11.5 Å². The molecule has 196 valence electrons. The molecule has 0 heterocycles. The molecule has 36 heavy (non-hydrogen) atoms. The number of benzene rings is 1. The summed E-state index contributed by atoms with van der Waals surface area (Å²) in [7, 11) is 0. The molecular formula is C25H32ClN3O7. The number of nitrogens with one attached hydrogen (secondary N) is 1. The summed E-state index contributed by atoms with van der Waals surface area (Å²) in [5.41, 5.74) is 12.4. The molecule has 1 aliphatic rings. The van der Waals surface area contributed by atoms with Gasteiger partial charge in [-0.2, -0.15) is 0 Å². The number of hydrogen-bond donors (Lipinski definition) is 4. The molecule has 11 heteroatoms. The Morgan fingerprint density at radius 1 is 1.06 bits per heavy atom. The van der Waals surface area contributed by atoms with Crippen LogP contribution in [-0.2, 0) is 19.1 Å². The van der Waals surface area contributed by atoms with Crippen molar-refractivity contribution in [2.75, 3.05) is 39.5 Å². The molecule has 0 amide bonds. The van der Waals surface area contributed by atoms with Crippen molar-refractivity contribution in [3.05, 3.63) is 65.5 Å². The second-order valence-electron chi connectivity index (χ2n) is 7.58. The number of rotatable bonds is 17. The first-order chi connectivity index (χ1) is 17.5. The summed E-state index contributed by atoms with van der Waals surface area (Å²) in [5, 5.41) is 8.96. The summed E-state index contributed by atoms with van der Waals surface area (Å²) < 4.78 is 16.8. The van der Waals surface area contributed by atoms with Crippen LogP contribution in [-0.4, -0.2) is 62.4 Å². The average molecular weight is 522 g/mol. The molecule has 0 radical (unpaired) electrons. The van der Waals surface area contributed by atoms with E-state index in [-0.39, 0.29) is 42.2 Å². The highest BCUT2D eigenvalue weighted by Crippen LogP contribution is 2.28. The lowest BCUT2D eigenvalue weighted by atomic mass is 10.0. The summed E-state index contributed by atoms with van der Waals surface area (Å²) in [6, 6.07) is 4.70. The first-order valence-electron chi connectivity index (χ1n) is 11.4. The number of allylic oxidation sites excluding steroid dienone is 5. The lowest BCUT2D eigenvalue weighted by Crippen LogP contribution is -2.24. The highest BCUT2D eigenvalue weighted by atomic mass is 35.5. The zero-order valence-corrected chi connectivity index (χ0v) is 20.6. The summed E-state index contributed by atoms with van der Waals surface area (Å²) in [6.45, 7) is 2.12. The van der Waals surface area contributed by atoms with E-state index in [1.54, 1.807) is 30.4 Å². The van der Waals surface area contributed by atoms with Gasteiger partial charge in [0, 0.05) is 19.6 Å². The van der Waals surface area contributed by atoms with Crippen LogP contribution in [0.15, 0.2) is 59.9 Å². The highest BCUT2D eigenvalue weighted by Gasteiger charge is 2.19. The standard InChI is InChI=1S/C25H32ClN3O7/c26-29-11-14-35-25-16-19(4-8-23(25)36-32)2-6-21(31)17-20(30)5-1-18-3-7-22(33-12-9-27)24(15-18)34-13-10-28/h1-6,8,15-16,22,29,32H,7,9-14,17,27-28H2/b5-1+,6-2+. The molecule has 1 aromatic rings. The minimum Gasteiger partial charge on any atom is -0.494 e. The average Bonchev–Trinajstić information content (AvgIpc) is 2.89. The van der Waals surface area contributed by atoms with E-state index in [0.29, 0.717) is 50.6 Å². The van der Waals surface area contributed by atoms with Crippen molar-refractivity contribution in [1.29, 1.82) is 0 Å². The van der Waals surface area contributed by atoms with E-state index in [1.165, 1.54) is 18.2 Å². The van der Waals surface area contributed by atoms with E-state index in [2.05, 4.69) is 9.72 Å². The number of ether oxygens (including phenoxy) is 3. The Kier molecular flexibility index (Phi) is 13.5. The molecular weight excluding hydrogens is 490 g/mol. The predicted octanol–water partition coefficient (Wildman–Crippen LogP) is 2.29. The normalized spacial score (nSPS) is 15.6. The van der Waals surface area contributed by atoms with Gasteiger partial charge in [-0.3, -0.25) is 9.59 Å². The maximum absolute atomic E-state index is 12.3. The number of hydrogen-bond acceptors (Lipinski definition) is 10. The number of ketones is 2. The van der Waals surface area contributed by atoms with Gasteiger partial charge in [-0.25, -0.2) is 10.1 Å². The van der Waals surface area contributed by atoms with Crippen LogP contribution >= 0.6 is 11.8 Å². The summed E-state index contributed by atoms with van der Waals surface area (Å²) >= 11 is 5.40. The van der Waals surface area contributed by atoms with E-state index in [4.69, 9.17) is 42.7 Å². The molecule has 2 rings (SSSR count). The first-order valence-corrected chi connectivity index (χ1v) is 11.8. The molecule has 0 spiro atoms. The number of carbonyl (C=O) groups excluding carboxylic acids is 2. The summed E-state index contributed by atoms with van der Waals surface area (Å²) in [6.07, 6.45) is 9.59. The van der Waals surface area contributed by atoms with Gasteiger partial charge in [0.2, 0.25) is 5.75 Å². The molecule has 6 N–H and O–H groups in total. The Bertz CT molecular complexity index is 992. The Balaban J connectivity index is 1.94. The van der Waals surface area contributed by atoms with Crippen LogP contribution in [0.4, 0.5) is 0 Å². The van der Waals surface area contributed by atoms with Gasteiger partial charge >= 0.3 is 0 Å². The minimum atomic E-state index is -0.365. The number of nitrogens with two attached hydrogens (primary N) is 2. The molecule has 0 bridgehead atoms. The maximum Gasteiger partial charge on any atom is 0.206 e. The molecule has 0 saturated carbocycles. The van der Waals surface area contributed by atoms with Gasteiger partial charge in [-0.1, -0.05) is 24.3 Å². The smallest absolute Gasteiger partial charge is 0.206 e. The largest absolute Gasteiger partial charge is 0.494 e. The van der Waals surface area contributed by atoms with Gasteiger partial charge in [-0.05, 0) is 59.7 Å². The van der Waals surface area contributed by atoms with Gasteiger partial charge in [0.25, 0.3) is 0 Å². The lowest BCUT2D eigenvalue weighted by molar-refractivity contribution is -0.139. The van der Waals surface area contributed by atoms with E-state index < -0.39 is 0 Å². The second kappa shape index (κ2) is 16.6. The summed E-state index contributed by atoms with van der Waals surface area (Å²) in [5.74, 6) is 0.316. The molecule has 0 aliphatic heterocycles. The molecule has 1 aromatic carbocycles. The molecule has 10 nitrogen and oxygen atoms in total. The fourth-order valence-electron chi connectivity index (χ4n) is 3.15. The number of halogens is 1. The van der Waals surface area contributed by atoms with Crippen molar-refractivity contribution >= 4 is 29.4 Å². The van der Waals surface area contributed by atoms with Gasteiger partial charge in [-0.15, -0.1) is 0 Å². The van der Waals surface area contributed by atoms with Gasteiger partial charge in [0.1, 0.15) is 25.1 Å². The summed E-state index contributed by atoms with van der Waals surface area (Å²) in [4.78, 5) is 31.3. The number of carbonyl (C=O) groups is 2. The highest BCUT2D eigenvalue weighted by molar-refractivity contribution is 6.13. The molecule has 0 saturated heterocycles. The quantitative estimate of drug-likeness (QED) is 0.0599. The van der Waals surface area contributed by atoms with Crippen molar-refractivity contribution < 1.29 is 33.9 Å². The third-order valence-corrected chi connectivity index (χ3v) is 5.00. The maximum atomic E-state index is 12.3. The van der Waals surface area contributed by atoms with Gasteiger partial charge in [0.05, 0.1) is 13.0 Å². The van der Waals surface area contributed by atoms with Crippen LogP contribution in [0.25, 0.3) is 6.08 Å². The fraction of sp³-hybridized carbons (Fsp3) is 0.360. The molecule has 0 aromatic heterocycles. The van der Waals surface area contributed by atoms with Crippen LogP contribution in [0.3, 0.4) is 0 Å². The Labute approximate surface area is 215 Å². The first kappa shape index (κ1) is 29.2. The molecule has 1 aliphatic carbocycles. The lowest BCUT2D eigenvalue weighted by Gasteiger charge is -2.23. The van der Waals surface area contributed by atoms with Crippen molar-refractivity contribution in [3.63, 3.8) is 0 Å². The van der Waals surface area contributed by atoms with Crippen LogP contribution in [0.5, 0.6) is 11.5 Å². The van der Waals surface area contributed by atoms with E-state index >= 15 is 0 Å². The van der Waals surface area contributed by atoms with Crippen molar-refractivity contribution in [2.45, 2.75) is 18.9 Å².